The summed E-state index contributed by atoms with van der Waals surface area (Å²) in [6.07, 6.45) is 2.21. The van der Waals surface area contributed by atoms with Gasteiger partial charge in [0.05, 0.1) is 4.90 Å². The Morgan fingerprint density at radius 2 is 1.91 bits per heavy atom. The number of hydrogen-bond donors (Lipinski definition) is 1. The molecule has 1 atom stereocenters. The van der Waals surface area contributed by atoms with Gasteiger partial charge in [0.1, 0.15) is 6.04 Å². The Labute approximate surface area is 140 Å². The van der Waals surface area contributed by atoms with Gasteiger partial charge in [-0.1, -0.05) is 22.4 Å². The Hall–Kier alpha value is -0.920. The van der Waals surface area contributed by atoms with E-state index in [4.69, 9.17) is 0 Å². The van der Waals surface area contributed by atoms with Gasteiger partial charge in [0.2, 0.25) is 15.9 Å². The summed E-state index contributed by atoms with van der Waals surface area (Å²) >= 11 is 3.30. The third-order valence-corrected chi connectivity index (χ3v) is 6.06. The van der Waals surface area contributed by atoms with Gasteiger partial charge in [-0.15, -0.1) is 0 Å². The fourth-order valence-electron chi connectivity index (χ4n) is 2.58. The predicted octanol–water partition coefficient (Wildman–Crippen LogP) is 2.52. The number of benzene rings is 1. The third-order valence-electron chi connectivity index (χ3n) is 3.61. The zero-order valence-electron chi connectivity index (χ0n) is 12.8. The van der Waals surface area contributed by atoms with Crippen LogP contribution in [0.15, 0.2) is 33.6 Å². The van der Waals surface area contributed by atoms with Crippen LogP contribution in [0.4, 0.5) is 0 Å². The molecule has 7 heteroatoms. The lowest BCUT2D eigenvalue weighted by Crippen LogP contribution is -2.52. The summed E-state index contributed by atoms with van der Waals surface area (Å²) in [5.41, 5.74) is 0. The topological polar surface area (TPSA) is 66.5 Å². The molecule has 0 bridgehead atoms. The first-order valence-corrected chi connectivity index (χ1v) is 9.63. The van der Waals surface area contributed by atoms with Crippen LogP contribution in [0.1, 0.15) is 33.1 Å². The highest BCUT2D eigenvalue weighted by Gasteiger charge is 2.37. The van der Waals surface area contributed by atoms with E-state index >= 15 is 0 Å². The number of carbonyl (C=O) groups excluding carboxylic acids is 1. The van der Waals surface area contributed by atoms with E-state index in [0.717, 1.165) is 17.3 Å². The Morgan fingerprint density at radius 1 is 1.27 bits per heavy atom. The van der Waals surface area contributed by atoms with Crippen LogP contribution < -0.4 is 5.32 Å². The zero-order valence-corrected chi connectivity index (χ0v) is 15.2. The number of nitrogens with one attached hydrogen (secondary N) is 1. The van der Waals surface area contributed by atoms with Crippen molar-refractivity contribution in [1.82, 2.24) is 9.62 Å². The van der Waals surface area contributed by atoms with Gasteiger partial charge in [0, 0.05) is 17.1 Å². The molecule has 1 aliphatic heterocycles. The molecule has 1 aliphatic rings. The molecule has 122 valence electrons. The summed E-state index contributed by atoms with van der Waals surface area (Å²) in [6.45, 7) is 4.12. The molecule has 2 rings (SSSR count). The van der Waals surface area contributed by atoms with E-state index in [1.54, 1.807) is 24.3 Å². The molecule has 5 nitrogen and oxygen atoms in total. The zero-order chi connectivity index (χ0) is 16.3. The number of rotatable bonds is 4. The number of halogens is 1. The molecule has 0 unspecified atom stereocenters. The second-order valence-corrected chi connectivity index (χ2v) is 8.55. The van der Waals surface area contributed by atoms with Crippen molar-refractivity contribution in [1.29, 1.82) is 0 Å². The van der Waals surface area contributed by atoms with Crippen LogP contribution in [0.2, 0.25) is 0 Å². The van der Waals surface area contributed by atoms with Crippen molar-refractivity contribution in [2.75, 3.05) is 6.54 Å². The molecule has 1 aromatic carbocycles. The molecular formula is C15H21BrN2O3S. The lowest BCUT2D eigenvalue weighted by Gasteiger charge is -2.34. The van der Waals surface area contributed by atoms with Gasteiger partial charge in [-0.2, -0.15) is 4.31 Å². The van der Waals surface area contributed by atoms with Crippen molar-refractivity contribution < 1.29 is 13.2 Å². The van der Waals surface area contributed by atoms with Gasteiger partial charge in [-0.3, -0.25) is 4.79 Å². The van der Waals surface area contributed by atoms with E-state index in [2.05, 4.69) is 21.2 Å². The molecule has 1 amide bonds. The first kappa shape index (κ1) is 17.4. The standard InChI is InChI=1S/C15H21BrN2O3S/c1-11(2)17-15(19)14-5-3-4-10-18(14)22(20,21)13-8-6-12(16)7-9-13/h6-9,11,14H,3-5,10H2,1-2H3,(H,17,19)/t14-/m0/s1. The lowest BCUT2D eigenvalue weighted by atomic mass is 10.0. The summed E-state index contributed by atoms with van der Waals surface area (Å²) in [6, 6.07) is 5.88. The normalized spacial score (nSPS) is 20.1. The molecule has 0 radical (unpaired) electrons. The van der Waals surface area contributed by atoms with Crippen molar-refractivity contribution in [2.45, 2.75) is 50.1 Å². The Kier molecular flexibility index (Phi) is 5.63. The summed E-state index contributed by atoms with van der Waals surface area (Å²) in [4.78, 5) is 12.5. The van der Waals surface area contributed by atoms with Crippen LogP contribution in [-0.4, -0.2) is 37.3 Å². The SMILES string of the molecule is CC(C)NC(=O)[C@@H]1CCCCN1S(=O)(=O)c1ccc(Br)cc1. The third kappa shape index (κ3) is 3.88. The quantitative estimate of drug-likeness (QED) is 0.861. The first-order valence-electron chi connectivity index (χ1n) is 7.40. The van der Waals surface area contributed by atoms with E-state index in [-0.39, 0.29) is 16.8 Å². The van der Waals surface area contributed by atoms with E-state index in [1.165, 1.54) is 4.31 Å². The molecular weight excluding hydrogens is 368 g/mol. The molecule has 0 saturated carbocycles. The average Bonchev–Trinajstić information content (AvgIpc) is 2.47. The largest absolute Gasteiger partial charge is 0.353 e. The fourth-order valence-corrected chi connectivity index (χ4v) is 4.50. The van der Waals surface area contributed by atoms with Crippen LogP contribution in [0.5, 0.6) is 0 Å². The molecule has 1 N–H and O–H groups in total. The maximum absolute atomic E-state index is 12.8. The minimum atomic E-state index is -3.66. The summed E-state index contributed by atoms with van der Waals surface area (Å²) < 4.78 is 27.8. The van der Waals surface area contributed by atoms with Crippen LogP contribution in [-0.2, 0) is 14.8 Å². The Bertz CT molecular complexity index is 629. The molecule has 1 saturated heterocycles. The number of sulfonamides is 1. The predicted molar refractivity (Wildman–Crippen MR) is 89.0 cm³/mol. The minimum Gasteiger partial charge on any atom is -0.353 e. The molecule has 1 aromatic rings. The van der Waals surface area contributed by atoms with Crippen molar-refractivity contribution in [2.24, 2.45) is 0 Å². The monoisotopic (exact) mass is 388 g/mol. The highest BCUT2D eigenvalue weighted by Crippen LogP contribution is 2.26. The van der Waals surface area contributed by atoms with Crippen molar-refractivity contribution >= 4 is 31.9 Å². The maximum atomic E-state index is 12.8. The maximum Gasteiger partial charge on any atom is 0.243 e. The first-order chi connectivity index (χ1) is 10.3. The number of nitrogens with zero attached hydrogens (tertiary/aromatic N) is 1. The molecule has 0 aliphatic carbocycles. The highest BCUT2D eigenvalue weighted by molar-refractivity contribution is 9.10. The highest BCUT2D eigenvalue weighted by atomic mass is 79.9. The van der Waals surface area contributed by atoms with Crippen LogP contribution in [0.25, 0.3) is 0 Å². The smallest absolute Gasteiger partial charge is 0.243 e. The lowest BCUT2D eigenvalue weighted by molar-refractivity contribution is -0.126. The summed E-state index contributed by atoms with van der Waals surface area (Å²) in [5.74, 6) is -0.213. The fraction of sp³-hybridized carbons (Fsp3) is 0.533. The van der Waals surface area contributed by atoms with E-state index < -0.39 is 16.1 Å². The number of amides is 1. The number of hydrogen-bond acceptors (Lipinski definition) is 3. The minimum absolute atomic E-state index is 0.00772. The van der Waals surface area contributed by atoms with E-state index in [9.17, 15) is 13.2 Å². The summed E-state index contributed by atoms with van der Waals surface area (Å²) in [5, 5.41) is 2.82. The van der Waals surface area contributed by atoms with Gasteiger partial charge < -0.3 is 5.32 Å². The van der Waals surface area contributed by atoms with Crippen molar-refractivity contribution in [3.63, 3.8) is 0 Å². The molecule has 0 aromatic heterocycles. The molecule has 1 fully saturated rings. The van der Waals surface area contributed by atoms with Gasteiger partial charge >= 0.3 is 0 Å². The van der Waals surface area contributed by atoms with Gasteiger partial charge in [-0.05, 0) is 51.0 Å². The van der Waals surface area contributed by atoms with E-state index in [1.807, 2.05) is 13.8 Å². The summed E-state index contributed by atoms with van der Waals surface area (Å²) in [7, 11) is -3.66. The van der Waals surface area contributed by atoms with Gasteiger partial charge in [0.25, 0.3) is 0 Å². The van der Waals surface area contributed by atoms with Crippen molar-refractivity contribution in [3.05, 3.63) is 28.7 Å². The van der Waals surface area contributed by atoms with Crippen LogP contribution >= 0.6 is 15.9 Å². The second-order valence-electron chi connectivity index (χ2n) is 5.74. The Morgan fingerprint density at radius 3 is 2.50 bits per heavy atom. The second kappa shape index (κ2) is 7.10. The van der Waals surface area contributed by atoms with E-state index in [0.29, 0.717) is 13.0 Å². The van der Waals surface area contributed by atoms with Gasteiger partial charge in [0.15, 0.2) is 0 Å². The Balaban J connectivity index is 2.29. The molecule has 1 heterocycles. The van der Waals surface area contributed by atoms with Gasteiger partial charge in [-0.25, -0.2) is 8.42 Å². The molecule has 0 spiro atoms. The number of piperidine rings is 1. The van der Waals surface area contributed by atoms with Crippen LogP contribution in [0, 0.1) is 0 Å². The molecule has 22 heavy (non-hydrogen) atoms. The average molecular weight is 389 g/mol. The van der Waals surface area contributed by atoms with Crippen LogP contribution in [0.3, 0.4) is 0 Å². The number of carbonyl (C=O) groups is 1. The van der Waals surface area contributed by atoms with Crippen molar-refractivity contribution in [3.8, 4) is 0 Å².